The second kappa shape index (κ2) is 5.59. The molecule has 21 heavy (non-hydrogen) atoms. The third-order valence-corrected chi connectivity index (χ3v) is 4.13. The van der Waals surface area contributed by atoms with Crippen LogP contribution in [0.2, 0.25) is 0 Å². The fourth-order valence-corrected chi connectivity index (χ4v) is 2.74. The summed E-state index contributed by atoms with van der Waals surface area (Å²) in [5, 5.41) is 11.5. The topological polar surface area (TPSA) is 66.4 Å². The number of carbonyl (C=O) groups excluding carboxylic acids is 1. The summed E-state index contributed by atoms with van der Waals surface area (Å²) >= 11 is -0.393. The molecule has 2 rings (SSSR count). The maximum Gasteiger partial charge on any atom is 0.446 e. The molecule has 0 aromatic heterocycles. The van der Waals surface area contributed by atoms with Gasteiger partial charge in [-0.2, -0.15) is 13.2 Å². The van der Waals surface area contributed by atoms with Gasteiger partial charge in [-0.1, -0.05) is 12.1 Å². The number of benzene rings is 1. The number of halogens is 3. The zero-order chi connectivity index (χ0) is 15.7. The third kappa shape index (κ3) is 3.49. The van der Waals surface area contributed by atoms with Crippen LogP contribution >= 0.6 is 11.8 Å². The minimum absolute atomic E-state index is 0.174. The molecule has 0 unspecified atom stereocenters. The van der Waals surface area contributed by atoms with Gasteiger partial charge in [-0.25, -0.2) is 4.79 Å². The molecule has 1 aromatic rings. The second-order valence-electron chi connectivity index (χ2n) is 4.74. The van der Waals surface area contributed by atoms with Crippen LogP contribution in [0.1, 0.15) is 29.6 Å². The lowest BCUT2D eigenvalue weighted by Crippen LogP contribution is -2.59. The molecule has 8 heteroatoms. The molecule has 0 bridgehead atoms. The van der Waals surface area contributed by atoms with Crippen LogP contribution in [0.15, 0.2) is 29.2 Å². The number of aliphatic carboxylic acids is 1. The molecule has 1 saturated carbocycles. The fourth-order valence-electron chi connectivity index (χ4n) is 2.08. The average Bonchev–Trinajstić information content (AvgIpc) is 2.31. The van der Waals surface area contributed by atoms with Crippen LogP contribution in [-0.2, 0) is 4.79 Å². The quantitative estimate of drug-likeness (QED) is 0.837. The molecule has 1 fully saturated rings. The van der Waals surface area contributed by atoms with Gasteiger partial charge in [0.1, 0.15) is 5.54 Å². The summed E-state index contributed by atoms with van der Waals surface area (Å²) in [5.74, 6) is -1.97. The number of alkyl halides is 3. The Morgan fingerprint density at radius 3 is 2.33 bits per heavy atom. The number of amides is 1. The van der Waals surface area contributed by atoms with E-state index in [0.29, 0.717) is 6.42 Å². The van der Waals surface area contributed by atoms with Gasteiger partial charge in [0.25, 0.3) is 5.91 Å². The summed E-state index contributed by atoms with van der Waals surface area (Å²) in [4.78, 5) is 23.0. The highest BCUT2D eigenvalue weighted by atomic mass is 32.2. The Balaban J connectivity index is 2.22. The van der Waals surface area contributed by atoms with E-state index in [4.69, 9.17) is 5.11 Å². The first kappa shape index (κ1) is 15.7. The predicted molar refractivity (Wildman–Crippen MR) is 70.0 cm³/mol. The lowest BCUT2D eigenvalue weighted by molar-refractivity contribution is -0.148. The molecule has 4 nitrogen and oxygen atoms in total. The summed E-state index contributed by atoms with van der Waals surface area (Å²) in [6, 6.07) is 5.25. The number of hydrogen-bond donors (Lipinski definition) is 2. The normalized spacial score (nSPS) is 16.9. The van der Waals surface area contributed by atoms with Crippen molar-refractivity contribution in [1.29, 1.82) is 0 Å². The summed E-state index contributed by atoms with van der Waals surface area (Å²) < 4.78 is 37.4. The molecule has 1 aliphatic rings. The van der Waals surface area contributed by atoms with Crippen LogP contribution in [0, 0.1) is 0 Å². The van der Waals surface area contributed by atoms with Gasteiger partial charge in [-0.15, -0.1) is 0 Å². The molecule has 0 radical (unpaired) electrons. The predicted octanol–water partition coefficient (Wildman–Crippen LogP) is 3.04. The van der Waals surface area contributed by atoms with Gasteiger partial charge in [-0.05, 0) is 43.2 Å². The van der Waals surface area contributed by atoms with E-state index >= 15 is 0 Å². The maximum absolute atomic E-state index is 12.5. The second-order valence-corrected chi connectivity index (χ2v) is 5.85. The zero-order valence-electron chi connectivity index (χ0n) is 10.7. The van der Waals surface area contributed by atoms with Gasteiger partial charge in [-0.3, -0.25) is 4.79 Å². The number of nitrogens with one attached hydrogen (secondary N) is 1. The van der Waals surface area contributed by atoms with E-state index in [9.17, 15) is 22.8 Å². The molecule has 114 valence electrons. The van der Waals surface area contributed by atoms with E-state index in [1.54, 1.807) is 0 Å². The SMILES string of the molecule is O=C(NC1(C(=O)O)CCC1)c1ccccc1SC(F)(F)F. The van der Waals surface area contributed by atoms with Gasteiger partial charge < -0.3 is 10.4 Å². The Kier molecular flexibility index (Phi) is 4.18. The lowest BCUT2D eigenvalue weighted by Gasteiger charge is -2.38. The summed E-state index contributed by atoms with van der Waals surface area (Å²) in [5.41, 5.74) is -6.04. The third-order valence-electron chi connectivity index (χ3n) is 3.33. The maximum atomic E-state index is 12.5. The molecule has 0 aliphatic heterocycles. The summed E-state index contributed by atoms with van der Waals surface area (Å²) in [7, 11) is 0. The monoisotopic (exact) mass is 319 g/mol. The molecule has 1 aliphatic carbocycles. The van der Waals surface area contributed by atoms with E-state index in [0.717, 1.165) is 0 Å². The van der Waals surface area contributed by atoms with Gasteiger partial charge in [0.15, 0.2) is 0 Å². The number of carbonyl (C=O) groups is 2. The van der Waals surface area contributed by atoms with E-state index in [1.165, 1.54) is 24.3 Å². The Morgan fingerprint density at radius 1 is 1.24 bits per heavy atom. The van der Waals surface area contributed by atoms with Crippen molar-refractivity contribution < 1.29 is 27.9 Å². The average molecular weight is 319 g/mol. The number of hydrogen-bond acceptors (Lipinski definition) is 3. The Labute approximate surface area is 122 Å². The highest BCUT2D eigenvalue weighted by Gasteiger charge is 2.46. The van der Waals surface area contributed by atoms with Crippen molar-refractivity contribution in [2.45, 2.75) is 35.2 Å². The van der Waals surface area contributed by atoms with E-state index in [-0.39, 0.29) is 23.3 Å². The molecular formula is C13H12F3NO3S. The van der Waals surface area contributed by atoms with Crippen LogP contribution in [0.25, 0.3) is 0 Å². The first-order valence-electron chi connectivity index (χ1n) is 6.14. The smallest absolute Gasteiger partial charge is 0.446 e. The van der Waals surface area contributed by atoms with Crippen LogP contribution < -0.4 is 5.32 Å². The fraction of sp³-hybridized carbons (Fsp3) is 0.385. The highest BCUT2D eigenvalue weighted by molar-refractivity contribution is 8.00. The number of carboxylic acids is 1. The van der Waals surface area contributed by atoms with Crippen molar-refractivity contribution in [3.8, 4) is 0 Å². The minimum atomic E-state index is -4.52. The van der Waals surface area contributed by atoms with Crippen molar-refractivity contribution in [2.24, 2.45) is 0 Å². The van der Waals surface area contributed by atoms with Gasteiger partial charge in [0, 0.05) is 4.90 Å². The molecule has 0 spiro atoms. The van der Waals surface area contributed by atoms with E-state index in [1.807, 2.05) is 0 Å². The number of rotatable bonds is 4. The Hall–Kier alpha value is -1.70. The van der Waals surface area contributed by atoms with Crippen molar-refractivity contribution in [1.82, 2.24) is 5.32 Å². The Bertz CT molecular complexity index is 570. The zero-order valence-corrected chi connectivity index (χ0v) is 11.6. The molecule has 0 saturated heterocycles. The number of carboxylic acid groups (broad SMARTS) is 1. The molecule has 0 atom stereocenters. The van der Waals surface area contributed by atoms with Gasteiger partial charge in [0.2, 0.25) is 0 Å². The van der Waals surface area contributed by atoms with Crippen LogP contribution in [0.5, 0.6) is 0 Å². The van der Waals surface area contributed by atoms with Crippen molar-refractivity contribution in [3.63, 3.8) is 0 Å². The van der Waals surface area contributed by atoms with E-state index < -0.39 is 34.7 Å². The molecule has 2 N–H and O–H groups in total. The molecule has 1 aromatic carbocycles. The van der Waals surface area contributed by atoms with Crippen LogP contribution in [-0.4, -0.2) is 28.0 Å². The van der Waals surface area contributed by atoms with Gasteiger partial charge in [0.05, 0.1) is 5.56 Å². The van der Waals surface area contributed by atoms with Crippen molar-refractivity contribution in [2.75, 3.05) is 0 Å². The number of thioether (sulfide) groups is 1. The first-order valence-corrected chi connectivity index (χ1v) is 6.96. The highest BCUT2D eigenvalue weighted by Crippen LogP contribution is 2.39. The molecule has 0 heterocycles. The Morgan fingerprint density at radius 2 is 1.86 bits per heavy atom. The summed E-state index contributed by atoms with van der Waals surface area (Å²) in [6.07, 6.45) is 1.22. The van der Waals surface area contributed by atoms with Crippen LogP contribution in [0.4, 0.5) is 13.2 Å². The molecule has 1 amide bonds. The standard InChI is InChI=1S/C13H12F3NO3S/c14-13(15,16)21-9-5-2-1-4-8(9)10(18)17-12(11(19)20)6-3-7-12/h1-2,4-5H,3,6-7H2,(H,17,18)(H,19,20). The summed E-state index contributed by atoms with van der Waals surface area (Å²) in [6.45, 7) is 0. The van der Waals surface area contributed by atoms with Crippen LogP contribution in [0.3, 0.4) is 0 Å². The van der Waals surface area contributed by atoms with E-state index in [2.05, 4.69) is 5.32 Å². The minimum Gasteiger partial charge on any atom is -0.480 e. The van der Waals surface area contributed by atoms with Gasteiger partial charge >= 0.3 is 11.5 Å². The largest absolute Gasteiger partial charge is 0.480 e. The molecular weight excluding hydrogens is 307 g/mol. The first-order chi connectivity index (χ1) is 9.73. The van der Waals surface area contributed by atoms with Crippen molar-refractivity contribution >= 4 is 23.6 Å². The van der Waals surface area contributed by atoms with Crippen molar-refractivity contribution in [3.05, 3.63) is 29.8 Å². The lowest BCUT2D eigenvalue weighted by atomic mass is 9.76.